The Balaban J connectivity index is 1.62. The van der Waals surface area contributed by atoms with Crippen molar-refractivity contribution < 1.29 is 28.8 Å². The van der Waals surface area contributed by atoms with Gasteiger partial charge in [0.2, 0.25) is 12.8 Å². The fourth-order valence-electron chi connectivity index (χ4n) is 7.05. The second-order valence-corrected chi connectivity index (χ2v) is 12.5. The number of hydrogen-bond acceptors (Lipinski definition) is 10. The number of rotatable bonds is 19. The number of nitro groups is 1. The van der Waals surface area contributed by atoms with E-state index < -0.39 is 22.3 Å². The summed E-state index contributed by atoms with van der Waals surface area (Å²) in [5.74, 6) is -0.805. The van der Waals surface area contributed by atoms with Crippen LogP contribution in [0.2, 0.25) is 0 Å². The van der Waals surface area contributed by atoms with Crippen molar-refractivity contribution in [1.82, 2.24) is 14.7 Å². The molecule has 0 aliphatic carbocycles. The number of piperidine rings is 1. The van der Waals surface area contributed by atoms with E-state index in [9.17, 15) is 24.5 Å². The Morgan fingerprint density at radius 2 is 1.84 bits per heavy atom. The molecule has 0 saturated carbocycles. The summed E-state index contributed by atoms with van der Waals surface area (Å²) >= 11 is 0. The van der Waals surface area contributed by atoms with Crippen molar-refractivity contribution in [3.05, 3.63) is 97.7 Å². The molecule has 15 heteroatoms. The second-order valence-electron chi connectivity index (χ2n) is 12.5. The molecule has 2 heterocycles. The van der Waals surface area contributed by atoms with Gasteiger partial charge >= 0.3 is 5.97 Å². The lowest BCUT2D eigenvalue weighted by Crippen LogP contribution is -2.49. The first-order valence-corrected chi connectivity index (χ1v) is 17.2. The highest BCUT2D eigenvalue weighted by Gasteiger charge is 2.44. The Morgan fingerprint density at radius 3 is 2.43 bits per heavy atom. The summed E-state index contributed by atoms with van der Waals surface area (Å²) in [6, 6.07) is 15.3. The van der Waals surface area contributed by atoms with Crippen molar-refractivity contribution in [2.45, 2.75) is 56.9 Å². The maximum absolute atomic E-state index is 13.3. The van der Waals surface area contributed by atoms with Gasteiger partial charge in [-0.2, -0.15) is 0 Å². The summed E-state index contributed by atoms with van der Waals surface area (Å²) in [6.07, 6.45) is 3.75. The van der Waals surface area contributed by atoms with Crippen LogP contribution >= 0.6 is 0 Å². The van der Waals surface area contributed by atoms with Crippen molar-refractivity contribution in [2.75, 3.05) is 59.6 Å². The Bertz CT molecular complexity index is 1620. The molecule has 2 aromatic rings. The molecule has 15 nitrogen and oxygen atoms in total. The van der Waals surface area contributed by atoms with E-state index in [-0.39, 0.29) is 31.4 Å². The van der Waals surface area contributed by atoms with E-state index in [0.717, 1.165) is 12.0 Å². The molecule has 0 aromatic heterocycles. The number of amides is 2. The third kappa shape index (κ3) is 9.17. The lowest BCUT2D eigenvalue weighted by Gasteiger charge is -2.42. The van der Waals surface area contributed by atoms with E-state index in [1.165, 1.54) is 17.0 Å². The van der Waals surface area contributed by atoms with Crippen molar-refractivity contribution >= 4 is 30.2 Å². The highest BCUT2D eigenvalue weighted by molar-refractivity contribution is 5.94. The van der Waals surface area contributed by atoms with Crippen LogP contribution in [0.3, 0.4) is 0 Å². The van der Waals surface area contributed by atoms with E-state index in [2.05, 4.69) is 14.9 Å². The third-order valence-corrected chi connectivity index (χ3v) is 9.61. The number of ether oxygens (including phenoxy) is 2. The molecule has 2 aliphatic heterocycles. The molecule has 2 amide bonds. The van der Waals surface area contributed by atoms with Crippen LogP contribution in [-0.4, -0.2) is 110 Å². The number of benzene rings is 2. The van der Waals surface area contributed by atoms with Crippen molar-refractivity contribution in [3.63, 3.8) is 0 Å². The molecule has 4 rings (SSSR count). The Hall–Kier alpha value is -5.11. The van der Waals surface area contributed by atoms with Crippen molar-refractivity contribution in [3.8, 4) is 0 Å². The van der Waals surface area contributed by atoms with Crippen LogP contribution in [0.5, 0.6) is 0 Å². The molecule has 2 aliphatic rings. The van der Waals surface area contributed by atoms with Gasteiger partial charge in [0.05, 0.1) is 53.5 Å². The van der Waals surface area contributed by atoms with Gasteiger partial charge in [-0.25, -0.2) is 0 Å². The summed E-state index contributed by atoms with van der Waals surface area (Å²) in [6.45, 7) is 6.61. The lowest BCUT2D eigenvalue weighted by atomic mass is 9.72. The van der Waals surface area contributed by atoms with Crippen molar-refractivity contribution in [2.24, 2.45) is 10.1 Å². The number of nitrogens with zero attached hydrogens (tertiary/aromatic N) is 8. The van der Waals surface area contributed by atoms with Gasteiger partial charge in [0.1, 0.15) is 0 Å². The molecule has 0 spiro atoms. The van der Waals surface area contributed by atoms with E-state index in [1.54, 1.807) is 24.1 Å². The Morgan fingerprint density at radius 1 is 1.14 bits per heavy atom. The van der Waals surface area contributed by atoms with Gasteiger partial charge < -0.3 is 24.2 Å². The van der Waals surface area contributed by atoms with Gasteiger partial charge in [0.15, 0.2) is 0 Å². The summed E-state index contributed by atoms with van der Waals surface area (Å²) in [7, 11) is 1.65. The van der Waals surface area contributed by atoms with Crippen molar-refractivity contribution in [1.29, 1.82) is 0 Å². The molecule has 1 saturated heterocycles. The highest BCUT2D eigenvalue weighted by atomic mass is 16.6. The monoisotopic (exact) mass is 702 g/mol. The number of non-ortho nitro benzene ring substituents is 1. The second kappa shape index (κ2) is 18.8. The number of esters is 1. The average Bonchev–Trinajstić information content (AvgIpc) is 3.16. The zero-order chi connectivity index (χ0) is 36.8. The predicted octanol–water partition coefficient (Wildman–Crippen LogP) is 4.98. The Kier molecular flexibility index (Phi) is 14.2. The normalized spacial score (nSPS) is 18.6. The Labute approximate surface area is 297 Å². The first-order chi connectivity index (χ1) is 24.7. The molecule has 2 unspecified atom stereocenters. The number of likely N-dealkylation sites (N-methyl/N-ethyl adjacent to an activating group) is 1. The van der Waals surface area contributed by atoms with Gasteiger partial charge in [-0.05, 0) is 68.9 Å². The number of hydrogen-bond donors (Lipinski definition) is 0. The topological polar surface area (TPSA) is 184 Å². The maximum atomic E-state index is 13.3. The smallest absolute Gasteiger partial charge is 0.316 e. The van der Waals surface area contributed by atoms with Crippen LogP contribution in [0.1, 0.15) is 56.6 Å². The third-order valence-electron chi connectivity index (χ3n) is 9.61. The number of likely N-dealkylation sites (tertiary alicyclic amines) is 1. The summed E-state index contributed by atoms with van der Waals surface area (Å²) in [5.41, 5.74) is 11.2. The van der Waals surface area contributed by atoms with Crippen LogP contribution < -0.4 is 0 Å². The molecular formula is C36H46N8O7. The van der Waals surface area contributed by atoms with Gasteiger partial charge in [0.25, 0.3) is 5.69 Å². The summed E-state index contributed by atoms with van der Waals surface area (Å²) < 4.78 is 11.4. The molecular weight excluding hydrogens is 656 g/mol. The number of carbonyl (C=O) groups excluding carboxylic acids is 3. The standard InChI is InChI=1S/C36H46N8O7/c1-4-30-33(41(3)25-45)32(27-12-14-29(15-13-27)44(48)49)34(31(39-30)24-50-23-18-38-40-37)43(26-46)20-9-19-42-21-16-36(17-22-42,35(47)51-5-2)28-10-7-6-8-11-28/h6-8,10-15,25-26,32-33H,4-5,9,16-24H2,1-3H3. The molecule has 51 heavy (non-hydrogen) atoms. The average molecular weight is 703 g/mol. The van der Waals surface area contributed by atoms with Crippen LogP contribution in [-0.2, 0) is 29.3 Å². The zero-order valence-corrected chi connectivity index (χ0v) is 29.4. The predicted molar refractivity (Wildman–Crippen MR) is 191 cm³/mol. The summed E-state index contributed by atoms with van der Waals surface area (Å²) in [5, 5.41) is 15.0. The minimum atomic E-state index is -0.713. The van der Waals surface area contributed by atoms with E-state index in [1.807, 2.05) is 44.2 Å². The number of carbonyl (C=O) groups is 3. The van der Waals surface area contributed by atoms with Gasteiger partial charge in [-0.15, -0.1) is 0 Å². The van der Waals surface area contributed by atoms with Crippen LogP contribution in [0, 0.1) is 10.1 Å². The van der Waals surface area contributed by atoms with Gasteiger partial charge in [0, 0.05) is 42.9 Å². The SMILES string of the molecule is CCOC(=O)C1(c2ccccc2)CCN(CCCN(C=O)C2=C(COCCN=[N+]=[N-])N=C(CC)C(N(C)C=O)C2c2ccc([N+](=O)[O-])cc2)CC1. The fourth-order valence-corrected chi connectivity index (χ4v) is 7.05. The van der Waals surface area contributed by atoms with E-state index >= 15 is 0 Å². The van der Waals surface area contributed by atoms with E-state index in [4.69, 9.17) is 20.0 Å². The van der Waals surface area contributed by atoms with E-state index in [0.29, 0.717) is 87.5 Å². The highest BCUT2D eigenvalue weighted by Crippen LogP contribution is 2.40. The first-order valence-electron chi connectivity index (χ1n) is 17.2. The van der Waals surface area contributed by atoms with Crippen LogP contribution in [0.25, 0.3) is 10.4 Å². The summed E-state index contributed by atoms with van der Waals surface area (Å²) in [4.78, 5) is 62.5. The molecule has 0 radical (unpaired) electrons. The lowest BCUT2D eigenvalue weighted by molar-refractivity contribution is -0.384. The van der Waals surface area contributed by atoms with Crippen LogP contribution in [0.4, 0.5) is 5.69 Å². The number of azide groups is 1. The minimum absolute atomic E-state index is 0.00663. The molecule has 272 valence electrons. The fraction of sp³-hybridized carbons (Fsp3) is 0.500. The number of nitro benzene ring substituents is 1. The largest absolute Gasteiger partial charge is 0.465 e. The molecule has 0 N–H and O–H groups in total. The van der Waals surface area contributed by atoms with Gasteiger partial charge in [-0.1, -0.05) is 54.5 Å². The first kappa shape index (κ1) is 38.7. The molecule has 2 aromatic carbocycles. The number of aliphatic imine (C=N–C) groups is 1. The van der Waals surface area contributed by atoms with Gasteiger partial charge in [-0.3, -0.25) is 29.5 Å². The maximum Gasteiger partial charge on any atom is 0.316 e. The molecule has 1 fully saturated rings. The minimum Gasteiger partial charge on any atom is -0.465 e. The quantitative estimate of drug-likeness (QED) is 0.0287. The zero-order valence-electron chi connectivity index (χ0n) is 29.4. The van der Waals surface area contributed by atoms with Crippen LogP contribution in [0.15, 0.2) is 76.1 Å². The molecule has 2 atom stereocenters. The molecule has 0 bridgehead atoms.